The zero-order valence-electron chi connectivity index (χ0n) is 13.6. The fourth-order valence-corrected chi connectivity index (χ4v) is 3.41. The van der Waals surface area contributed by atoms with Crippen LogP contribution in [0.25, 0.3) is 0 Å². The van der Waals surface area contributed by atoms with Crippen molar-refractivity contribution in [3.63, 3.8) is 0 Å². The number of unbranched alkanes of at least 4 members (excludes halogenated alkanes) is 1. The Morgan fingerprint density at radius 1 is 1.14 bits per heavy atom. The molecule has 0 spiro atoms. The Hall–Kier alpha value is -0.410. The van der Waals surface area contributed by atoms with Gasteiger partial charge in [0.1, 0.15) is 5.82 Å². The Bertz CT molecular complexity index is 401. The topological polar surface area (TPSA) is 12.0 Å². The van der Waals surface area contributed by atoms with Gasteiger partial charge in [-0.25, -0.2) is 4.39 Å². The molecule has 0 aliphatic carbocycles. The molecule has 3 heteroatoms. The molecule has 0 radical (unpaired) electrons. The first-order valence-corrected chi connectivity index (χ1v) is 9.00. The van der Waals surface area contributed by atoms with Crippen LogP contribution >= 0.6 is 15.9 Å². The molecular weight excluding hydrogens is 329 g/mol. The van der Waals surface area contributed by atoms with Crippen molar-refractivity contribution in [3.8, 4) is 0 Å². The molecule has 0 aromatic heterocycles. The van der Waals surface area contributed by atoms with Crippen LogP contribution in [-0.4, -0.2) is 13.1 Å². The van der Waals surface area contributed by atoms with Gasteiger partial charge in [-0.15, -0.1) is 0 Å². The van der Waals surface area contributed by atoms with E-state index in [0.29, 0.717) is 0 Å². The first kappa shape index (κ1) is 18.6. The molecule has 1 N–H and O–H groups in total. The summed E-state index contributed by atoms with van der Waals surface area (Å²) >= 11 is 3.40. The number of hydrogen-bond donors (Lipinski definition) is 1. The van der Waals surface area contributed by atoms with Crippen molar-refractivity contribution in [2.75, 3.05) is 13.1 Å². The van der Waals surface area contributed by atoms with Crippen LogP contribution in [0.4, 0.5) is 4.39 Å². The van der Waals surface area contributed by atoms with Crippen LogP contribution in [0.15, 0.2) is 22.7 Å². The summed E-state index contributed by atoms with van der Waals surface area (Å²) in [7, 11) is 0. The number of benzene rings is 1. The fraction of sp³-hybridized carbons (Fsp3) is 0.667. The first-order chi connectivity index (χ1) is 10.0. The van der Waals surface area contributed by atoms with E-state index in [1.165, 1.54) is 25.3 Å². The van der Waals surface area contributed by atoms with Crippen molar-refractivity contribution in [3.05, 3.63) is 34.1 Å². The van der Waals surface area contributed by atoms with Gasteiger partial charge in [0, 0.05) is 11.0 Å². The van der Waals surface area contributed by atoms with E-state index in [2.05, 4.69) is 48.1 Å². The Labute approximate surface area is 137 Å². The van der Waals surface area contributed by atoms with Crippen LogP contribution in [0.2, 0.25) is 0 Å². The third-order valence-corrected chi connectivity index (χ3v) is 4.70. The minimum absolute atomic E-state index is 0.151. The molecule has 0 aliphatic heterocycles. The van der Waals surface area contributed by atoms with Gasteiger partial charge in [-0.3, -0.25) is 0 Å². The van der Waals surface area contributed by atoms with Crippen molar-refractivity contribution in [2.45, 2.75) is 59.3 Å². The maximum atomic E-state index is 13.6. The Morgan fingerprint density at radius 2 is 1.90 bits per heavy atom. The zero-order chi connectivity index (χ0) is 15.7. The third kappa shape index (κ3) is 6.48. The van der Waals surface area contributed by atoms with Crippen molar-refractivity contribution in [1.82, 2.24) is 5.32 Å². The van der Waals surface area contributed by atoms with E-state index in [9.17, 15) is 4.39 Å². The van der Waals surface area contributed by atoms with Gasteiger partial charge in [0.2, 0.25) is 0 Å². The monoisotopic (exact) mass is 357 g/mol. The van der Waals surface area contributed by atoms with Crippen LogP contribution in [0, 0.1) is 11.2 Å². The number of nitrogens with one attached hydrogen (secondary N) is 1. The molecule has 1 aromatic carbocycles. The molecule has 1 nitrogen and oxygen atoms in total. The fourth-order valence-electron chi connectivity index (χ4n) is 2.89. The molecule has 0 saturated heterocycles. The maximum Gasteiger partial charge on any atom is 0.124 e. The predicted molar refractivity (Wildman–Crippen MR) is 93.2 cm³/mol. The molecule has 0 amide bonds. The largest absolute Gasteiger partial charge is 0.316 e. The van der Waals surface area contributed by atoms with Gasteiger partial charge in [0.15, 0.2) is 0 Å². The van der Waals surface area contributed by atoms with E-state index < -0.39 is 0 Å². The minimum atomic E-state index is -0.151. The second-order valence-electron chi connectivity index (χ2n) is 6.09. The van der Waals surface area contributed by atoms with E-state index in [0.717, 1.165) is 42.4 Å². The Kier molecular flexibility index (Phi) is 8.50. The molecular formula is C18H29BrFN. The Morgan fingerprint density at radius 3 is 2.48 bits per heavy atom. The van der Waals surface area contributed by atoms with Gasteiger partial charge in [-0.2, -0.15) is 0 Å². The van der Waals surface area contributed by atoms with Crippen molar-refractivity contribution in [2.24, 2.45) is 5.41 Å². The second-order valence-corrected chi connectivity index (χ2v) is 7.00. The summed E-state index contributed by atoms with van der Waals surface area (Å²) in [6, 6.07) is 5.26. The van der Waals surface area contributed by atoms with E-state index in [1.807, 2.05) is 0 Å². The van der Waals surface area contributed by atoms with E-state index in [-0.39, 0.29) is 11.2 Å². The Balaban J connectivity index is 2.87. The highest BCUT2D eigenvalue weighted by Crippen LogP contribution is 2.33. The lowest BCUT2D eigenvalue weighted by atomic mass is 9.75. The molecule has 0 aliphatic rings. The maximum absolute atomic E-state index is 13.6. The van der Waals surface area contributed by atoms with Crippen LogP contribution in [0.5, 0.6) is 0 Å². The number of rotatable bonds is 10. The minimum Gasteiger partial charge on any atom is -0.316 e. The lowest BCUT2D eigenvalue weighted by molar-refractivity contribution is 0.229. The summed E-state index contributed by atoms with van der Waals surface area (Å²) in [5.74, 6) is -0.151. The van der Waals surface area contributed by atoms with Crippen molar-refractivity contribution >= 4 is 15.9 Å². The zero-order valence-corrected chi connectivity index (χ0v) is 15.2. The lowest BCUT2D eigenvalue weighted by Gasteiger charge is -2.34. The van der Waals surface area contributed by atoms with Gasteiger partial charge >= 0.3 is 0 Å². The van der Waals surface area contributed by atoms with Gasteiger partial charge < -0.3 is 5.32 Å². The van der Waals surface area contributed by atoms with Crippen LogP contribution in [0.3, 0.4) is 0 Å². The van der Waals surface area contributed by atoms with Crippen molar-refractivity contribution < 1.29 is 4.39 Å². The first-order valence-electron chi connectivity index (χ1n) is 8.21. The molecule has 0 heterocycles. The number of hydrogen-bond acceptors (Lipinski definition) is 1. The molecule has 1 aromatic rings. The van der Waals surface area contributed by atoms with Gasteiger partial charge in [0.05, 0.1) is 0 Å². The summed E-state index contributed by atoms with van der Waals surface area (Å²) < 4.78 is 14.5. The second kappa shape index (κ2) is 9.58. The van der Waals surface area contributed by atoms with Crippen LogP contribution in [0.1, 0.15) is 58.4 Å². The molecule has 120 valence electrons. The third-order valence-electron chi connectivity index (χ3n) is 4.24. The highest BCUT2D eigenvalue weighted by Gasteiger charge is 2.27. The summed E-state index contributed by atoms with van der Waals surface area (Å²) in [5, 5.41) is 3.58. The van der Waals surface area contributed by atoms with Gasteiger partial charge in [-0.05, 0) is 61.4 Å². The molecule has 0 saturated carbocycles. The van der Waals surface area contributed by atoms with E-state index in [4.69, 9.17) is 0 Å². The molecule has 0 fully saturated rings. The summed E-state index contributed by atoms with van der Waals surface area (Å²) in [4.78, 5) is 0. The highest BCUT2D eigenvalue weighted by molar-refractivity contribution is 9.10. The normalized spacial score (nSPS) is 14.1. The van der Waals surface area contributed by atoms with E-state index in [1.54, 1.807) is 6.07 Å². The molecule has 1 rings (SSSR count). The van der Waals surface area contributed by atoms with Crippen LogP contribution in [-0.2, 0) is 6.42 Å². The average molecular weight is 358 g/mol. The quantitative estimate of drug-likeness (QED) is 0.528. The van der Waals surface area contributed by atoms with Crippen LogP contribution < -0.4 is 5.32 Å². The smallest absolute Gasteiger partial charge is 0.124 e. The highest BCUT2D eigenvalue weighted by atomic mass is 79.9. The van der Waals surface area contributed by atoms with Gasteiger partial charge in [-0.1, -0.05) is 49.5 Å². The molecule has 21 heavy (non-hydrogen) atoms. The lowest BCUT2D eigenvalue weighted by Crippen LogP contribution is -2.36. The molecule has 1 unspecified atom stereocenters. The summed E-state index contributed by atoms with van der Waals surface area (Å²) in [6.45, 7) is 8.76. The van der Waals surface area contributed by atoms with Crippen molar-refractivity contribution in [1.29, 1.82) is 0 Å². The average Bonchev–Trinajstić information content (AvgIpc) is 2.43. The summed E-state index contributed by atoms with van der Waals surface area (Å²) in [6.07, 6.45) is 6.86. The molecule has 0 bridgehead atoms. The predicted octanol–water partition coefficient (Wildman–Crippen LogP) is 5.72. The van der Waals surface area contributed by atoms with E-state index >= 15 is 0 Å². The standard InChI is InChI=1S/C18H29BrFN/c1-4-7-8-18(6-3,14-21-9-5-2)13-15-10-16(19)12-17(20)11-15/h10-12,21H,4-9,13-14H2,1-3H3. The van der Waals surface area contributed by atoms with Gasteiger partial charge in [0.25, 0.3) is 0 Å². The number of halogens is 2. The summed E-state index contributed by atoms with van der Waals surface area (Å²) in [5.41, 5.74) is 1.33. The SMILES string of the molecule is CCCCC(CC)(CNCCC)Cc1cc(F)cc(Br)c1. The molecule has 1 atom stereocenters.